The van der Waals surface area contributed by atoms with Gasteiger partial charge in [-0.05, 0) is 37.3 Å². The number of amides is 1. The van der Waals surface area contributed by atoms with E-state index in [1.54, 1.807) is 6.07 Å². The van der Waals surface area contributed by atoms with Gasteiger partial charge in [0.15, 0.2) is 0 Å². The lowest BCUT2D eigenvalue weighted by molar-refractivity contribution is 0.0948. The van der Waals surface area contributed by atoms with Crippen molar-refractivity contribution in [2.24, 2.45) is 11.8 Å². The number of hydrogen-bond donors (Lipinski definition) is 2. The first-order valence-electron chi connectivity index (χ1n) is 6.47. The van der Waals surface area contributed by atoms with Crippen LogP contribution in [0.2, 0.25) is 0 Å². The molecule has 1 aliphatic heterocycles. The first-order chi connectivity index (χ1) is 8.76. The third-order valence-electron chi connectivity index (χ3n) is 4.06. The molecule has 0 spiro atoms. The summed E-state index contributed by atoms with van der Waals surface area (Å²) in [6, 6.07) is 6.24. The number of carbonyl (C=O) groups is 1. The predicted molar refractivity (Wildman–Crippen MR) is 67.4 cm³/mol. The van der Waals surface area contributed by atoms with Crippen molar-refractivity contribution in [3.8, 4) is 0 Å². The van der Waals surface area contributed by atoms with Crippen LogP contribution in [0.15, 0.2) is 18.2 Å². The summed E-state index contributed by atoms with van der Waals surface area (Å²) in [5, 5.41) is 0. The number of nitrogen functional groups attached to an aromatic ring is 1. The number of nitrogens with two attached hydrogens (primary N) is 1. The monoisotopic (exact) mass is 246 g/mol. The standard InChI is InChI=1S/C13H18N4O/c14-16-13(18)12-3-1-2-10(15-12)8-17-7-9-4-5-11(17)6-9/h1-3,9,11H,4-8,14H2,(H,16,18). The van der Waals surface area contributed by atoms with E-state index in [9.17, 15) is 4.79 Å². The van der Waals surface area contributed by atoms with Gasteiger partial charge in [-0.1, -0.05) is 6.07 Å². The Balaban J connectivity index is 1.71. The first-order valence-corrected chi connectivity index (χ1v) is 6.47. The fourth-order valence-electron chi connectivity index (χ4n) is 3.20. The van der Waals surface area contributed by atoms with Gasteiger partial charge in [0.25, 0.3) is 5.91 Å². The summed E-state index contributed by atoms with van der Waals surface area (Å²) >= 11 is 0. The average Bonchev–Trinajstić information content (AvgIpc) is 3.00. The highest BCUT2D eigenvalue weighted by atomic mass is 16.2. The van der Waals surface area contributed by atoms with Gasteiger partial charge in [0.1, 0.15) is 5.69 Å². The van der Waals surface area contributed by atoms with Gasteiger partial charge in [0.05, 0.1) is 5.69 Å². The Morgan fingerprint density at radius 1 is 1.50 bits per heavy atom. The van der Waals surface area contributed by atoms with E-state index in [0.29, 0.717) is 5.69 Å². The number of hydrogen-bond acceptors (Lipinski definition) is 4. The van der Waals surface area contributed by atoms with E-state index in [1.165, 1.54) is 25.8 Å². The Kier molecular flexibility index (Phi) is 3.01. The summed E-state index contributed by atoms with van der Waals surface area (Å²) in [7, 11) is 0. The van der Waals surface area contributed by atoms with Crippen LogP contribution in [0.1, 0.15) is 35.4 Å². The quantitative estimate of drug-likeness (QED) is 0.467. The topological polar surface area (TPSA) is 71.2 Å². The van der Waals surface area contributed by atoms with Gasteiger partial charge in [-0.15, -0.1) is 0 Å². The molecule has 5 heteroatoms. The van der Waals surface area contributed by atoms with E-state index in [1.807, 2.05) is 12.1 Å². The van der Waals surface area contributed by atoms with E-state index in [0.717, 1.165) is 24.2 Å². The minimum absolute atomic E-state index is 0.334. The highest BCUT2D eigenvalue weighted by molar-refractivity contribution is 5.91. The molecule has 0 aromatic carbocycles. The molecule has 1 saturated heterocycles. The SMILES string of the molecule is NNC(=O)c1cccc(CN2CC3CCC2C3)n1. The van der Waals surface area contributed by atoms with E-state index in [2.05, 4.69) is 15.3 Å². The summed E-state index contributed by atoms with van der Waals surface area (Å²) in [5.41, 5.74) is 3.45. The number of nitrogens with zero attached hydrogens (tertiary/aromatic N) is 2. The number of carbonyl (C=O) groups excluding carboxylic acids is 1. The second kappa shape index (κ2) is 4.66. The molecule has 2 aliphatic rings. The normalized spacial score (nSPS) is 26.5. The molecule has 3 N–H and O–H groups in total. The molecule has 1 saturated carbocycles. The highest BCUT2D eigenvalue weighted by Gasteiger charge is 2.37. The lowest BCUT2D eigenvalue weighted by atomic mass is 10.1. The van der Waals surface area contributed by atoms with Crippen LogP contribution < -0.4 is 11.3 Å². The smallest absolute Gasteiger partial charge is 0.283 e. The summed E-state index contributed by atoms with van der Waals surface area (Å²) in [4.78, 5) is 18.3. The van der Waals surface area contributed by atoms with Crippen molar-refractivity contribution in [1.29, 1.82) is 0 Å². The van der Waals surface area contributed by atoms with E-state index in [4.69, 9.17) is 5.84 Å². The molecular weight excluding hydrogens is 228 g/mol. The molecule has 3 rings (SSSR count). The summed E-state index contributed by atoms with van der Waals surface area (Å²) in [5.74, 6) is 5.66. The first kappa shape index (κ1) is 11.6. The summed E-state index contributed by atoms with van der Waals surface area (Å²) < 4.78 is 0. The van der Waals surface area contributed by atoms with Gasteiger partial charge in [-0.3, -0.25) is 15.1 Å². The van der Waals surface area contributed by atoms with Gasteiger partial charge >= 0.3 is 0 Å². The Bertz CT molecular complexity index is 462. The molecule has 2 atom stereocenters. The average molecular weight is 246 g/mol. The third kappa shape index (κ3) is 2.11. The van der Waals surface area contributed by atoms with Crippen LogP contribution in [0.3, 0.4) is 0 Å². The number of nitrogens with one attached hydrogen (secondary N) is 1. The second-order valence-corrected chi connectivity index (χ2v) is 5.25. The fraction of sp³-hybridized carbons (Fsp3) is 0.538. The maximum Gasteiger partial charge on any atom is 0.283 e. The molecule has 96 valence electrons. The van der Waals surface area contributed by atoms with Gasteiger partial charge in [-0.25, -0.2) is 10.8 Å². The zero-order valence-corrected chi connectivity index (χ0v) is 10.3. The molecule has 2 fully saturated rings. The van der Waals surface area contributed by atoms with Crippen molar-refractivity contribution in [2.75, 3.05) is 6.54 Å². The van der Waals surface area contributed by atoms with Crippen LogP contribution in [0.25, 0.3) is 0 Å². The lowest BCUT2D eigenvalue weighted by Crippen LogP contribution is -2.33. The number of piperidine rings is 1. The molecule has 5 nitrogen and oxygen atoms in total. The van der Waals surface area contributed by atoms with Crippen LogP contribution in [0.4, 0.5) is 0 Å². The van der Waals surface area contributed by atoms with Crippen molar-refractivity contribution in [3.63, 3.8) is 0 Å². The molecule has 0 radical (unpaired) electrons. The third-order valence-corrected chi connectivity index (χ3v) is 4.06. The predicted octanol–water partition coefficient (Wildman–Crippen LogP) is 0.669. The zero-order valence-electron chi connectivity index (χ0n) is 10.3. The van der Waals surface area contributed by atoms with Gasteiger partial charge < -0.3 is 0 Å². The Morgan fingerprint density at radius 3 is 3.06 bits per heavy atom. The van der Waals surface area contributed by atoms with Crippen molar-refractivity contribution >= 4 is 5.91 Å². The van der Waals surface area contributed by atoms with Crippen molar-refractivity contribution in [2.45, 2.75) is 31.8 Å². The number of likely N-dealkylation sites (tertiary alicyclic amines) is 1. The number of aromatic nitrogens is 1. The van der Waals surface area contributed by atoms with Crippen LogP contribution >= 0.6 is 0 Å². The highest BCUT2D eigenvalue weighted by Crippen LogP contribution is 2.37. The fourth-order valence-corrected chi connectivity index (χ4v) is 3.20. The van der Waals surface area contributed by atoms with E-state index >= 15 is 0 Å². The van der Waals surface area contributed by atoms with E-state index in [-0.39, 0.29) is 5.91 Å². The van der Waals surface area contributed by atoms with Gasteiger partial charge in [0.2, 0.25) is 0 Å². The summed E-state index contributed by atoms with van der Waals surface area (Å²) in [6.07, 6.45) is 4.03. The Morgan fingerprint density at radius 2 is 2.39 bits per heavy atom. The molecule has 1 aliphatic carbocycles. The number of hydrazine groups is 1. The minimum atomic E-state index is -0.334. The van der Waals surface area contributed by atoms with Crippen LogP contribution in [0.5, 0.6) is 0 Å². The molecule has 2 unspecified atom stereocenters. The van der Waals surface area contributed by atoms with Crippen LogP contribution in [-0.4, -0.2) is 28.4 Å². The molecule has 2 heterocycles. The van der Waals surface area contributed by atoms with Gasteiger partial charge in [0, 0.05) is 19.1 Å². The Labute approximate surface area is 106 Å². The number of rotatable bonds is 3. The zero-order chi connectivity index (χ0) is 12.5. The Hall–Kier alpha value is -1.46. The molecule has 18 heavy (non-hydrogen) atoms. The molecule has 1 aromatic heterocycles. The van der Waals surface area contributed by atoms with Crippen LogP contribution in [0, 0.1) is 5.92 Å². The second-order valence-electron chi connectivity index (χ2n) is 5.25. The van der Waals surface area contributed by atoms with Crippen molar-refractivity contribution < 1.29 is 4.79 Å². The number of pyridine rings is 1. The van der Waals surface area contributed by atoms with Gasteiger partial charge in [-0.2, -0.15) is 0 Å². The lowest BCUT2D eigenvalue weighted by Gasteiger charge is -2.26. The van der Waals surface area contributed by atoms with Crippen LogP contribution in [-0.2, 0) is 6.54 Å². The minimum Gasteiger partial charge on any atom is -0.294 e. The van der Waals surface area contributed by atoms with Crippen molar-refractivity contribution in [1.82, 2.24) is 15.3 Å². The molecule has 1 aromatic rings. The summed E-state index contributed by atoms with van der Waals surface area (Å²) in [6.45, 7) is 2.02. The maximum atomic E-state index is 11.4. The van der Waals surface area contributed by atoms with E-state index < -0.39 is 0 Å². The van der Waals surface area contributed by atoms with Crippen molar-refractivity contribution in [3.05, 3.63) is 29.6 Å². The molecule has 2 bridgehead atoms. The molecular formula is C13H18N4O. The largest absolute Gasteiger partial charge is 0.294 e. The number of fused-ring (bicyclic) bond motifs is 2. The molecule has 1 amide bonds. The maximum absolute atomic E-state index is 11.4.